The summed E-state index contributed by atoms with van der Waals surface area (Å²) in [6, 6.07) is 10.7. The number of nitrogens with two attached hydrogens (primary N) is 1. The van der Waals surface area contributed by atoms with E-state index in [2.05, 4.69) is 10.3 Å². The highest BCUT2D eigenvalue weighted by Gasteiger charge is 2.27. The van der Waals surface area contributed by atoms with Crippen LogP contribution in [0.5, 0.6) is 0 Å². The zero-order valence-electron chi connectivity index (χ0n) is 12.7. The largest absolute Gasteiger partial charge is 0.368 e. The van der Waals surface area contributed by atoms with Crippen LogP contribution in [0.3, 0.4) is 0 Å². The van der Waals surface area contributed by atoms with Crippen molar-refractivity contribution in [3.63, 3.8) is 0 Å². The van der Waals surface area contributed by atoms with E-state index in [1.54, 1.807) is 0 Å². The fourth-order valence-electron chi connectivity index (χ4n) is 2.70. The summed E-state index contributed by atoms with van der Waals surface area (Å²) in [6.45, 7) is 0.575. The van der Waals surface area contributed by atoms with Crippen molar-refractivity contribution < 1.29 is 14.3 Å². The Hall–Kier alpha value is -2.47. The molecule has 23 heavy (non-hydrogen) atoms. The Morgan fingerprint density at radius 3 is 2.87 bits per heavy atom. The van der Waals surface area contributed by atoms with Crippen LogP contribution in [0.15, 0.2) is 36.4 Å². The molecule has 2 atom stereocenters. The third kappa shape index (κ3) is 3.65. The number of amides is 2. The summed E-state index contributed by atoms with van der Waals surface area (Å²) in [4.78, 5) is 28.3. The zero-order valence-corrected chi connectivity index (χ0v) is 12.7. The molecular weight excluding hydrogens is 294 g/mol. The van der Waals surface area contributed by atoms with Crippen molar-refractivity contribution in [1.29, 1.82) is 0 Å². The van der Waals surface area contributed by atoms with Gasteiger partial charge in [0.15, 0.2) is 0 Å². The number of primary amides is 1. The van der Waals surface area contributed by atoms with Gasteiger partial charge in [-0.25, -0.2) is 0 Å². The van der Waals surface area contributed by atoms with Crippen molar-refractivity contribution >= 4 is 22.7 Å². The summed E-state index contributed by atoms with van der Waals surface area (Å²) >= 11 is 0. The van der Waals surface area contributed by atoms with Gasteiger partial charge in [0.05, 0.1) is 5.52 Å². The topological polar surface area (TPSA) is 94.3 Å². The van der Waals surface area contributed by atoms with Crippen molar-refractivity contribution in [2.45, 2.75) is 31.4 Å². The molecule has 0 unspecified atom stereocenters. The Bertz CT molecular complexity index is 726. The second kappa shape index (κ2) is 6.75. The molecule has 6 heteroatoms. The second-order valence-electron chi connectivity index (χ2n) is 5.66. The number of para-hydroxylation sites is 1. The normalized spacial score (nSPS) is 18.7. The first kappa shape index (κ1) is 15.4. The molecule has 6 nitrogen and oxygen atoms in total. The van der Waals surface area contributed by atoms with Crippen LogP contribution < -0.4 is 11.1 Å². The Morgan fingerprint density at radius 1 is 1.30 bits per heavy atom. The number of aromatic nitrogens is 1. The van der Waals surface area contributed by atoms with Gasteiger partial charge in [0.1, 0.15) is 12.1 Å². The van der Waals surface area contributed by atoms with Gasteiger partial charge in [-0.05, 0) is 25.0 Å². The summed E-state index contributed by atoms with van der Waals surface area (Å²) in [6.07, 6.45) is 1.30. The van der Waals surface area contributed by atoms with Crippen LogP contribution in [0.25, 0.3) is 10.9 Å². The van der Waals surface area contributed by atoms with Gasteiger partial charge in [0.2, 0.25) is 11.8 Å². The van der Waals surface area contributed by atoms with Gasteiger partial charge < -0.3 is 15.8 Å². The quantitative estimate of drug-likeness (QED) is 0.858. The number of nitrogens with one attached hydrogen (secondary N) is 1. The summed E-state index contributed by atoms with van der Waals surface area (Å²) in [7, 11) is 0. The molecule has 1 aliphatic rings. The van der Waals surface area contributed by atoms with Gasteiger partial charge in [-0.15, -0.1) is 0 Å². The molecular formula is C17H19N3O3. The third-order valence-electron chi connectivity index (χ3n) is 3.95. The van der Waals surface area contributed by atoms with Crippen LogP contribution >= 0.6 is 0 Å². The molecule has 0 bridgehead atoms. The second-order valence-corrected chi connectivity index (χ2v) is 5.66. The monoisotopic (exact) mass is 313 g/mol. The van der Waals surface area contributed by atoms with E-state index in [4.69, 9.17) is 10.5 Å². The summed E-state index contributed by atoms with van der Waals surface area (Å²) in [5, 5.41) is 3.70. The zero-order chi connectivity index (χ0) is 16.2. The molecule has 2 amide bonds. The molecule has 0 spiro atoms. The van der Waals surface area contributed by atoms with Crippen molar-refractivity contribution in [3.05, 3.63) is 42.1 Å². The number of carbonyl (C=O) groups is 2. The lowest BCUT2D eigenvalue weighted by atomic mass is 10.1. The molecule has 3 rings (SSSR count). The summed E-state index contributed by atoms with van der Waals surface area (Å²) < 4.78 is 5.32. The van der Waals surface area contributed by atoms with Gasteiger partial charge >= 0.3 is 0 Å². The summed E-state index contributed by atoms with van der Waals surface area (Å²) in [5.41, 5.74) is 6.98. The smallest absolute Gasteiger partial charge is 0.249 e. The highest BCUT2D eigenvalue weighted by atomic mass is 16.5. The number of hydrogen-bond acceptors (Lipinski definition) is 4. The van der Waals surface area contributed by atoms with E-state index < -0.39 is 18.1 Å². The molecule has 1 fully saturated rings. The Balaban J connectivity index is 1.72. The predicted molar refractivity (Wildman–Crippen MR) is 85.5 cm³/mol. The number of carbonyl (C=O) groups excluding carboxylic acids is 2. The Kier molecular flexibility index (Phi) is 4.52. The van der Waals surface area contributed by atoms with E-state index in [0.29, 0.717) is 18.7 Å². The number of fused-ring (bicyclic) bond motifs is 1. The molecule has 2 heterocycles. The highest BCUT2D eigenvalue weighted by Crippen LogP contribution is 2.14. The van der Waals surface area contributed by atoms with Crippen LogP contribution in [0.1, 0.15) is 18.5 Å². The molecule has 1 saturated heterocycles. The number of ether oxygens (including phenoxy) is 1. The van der Waals surface area contributed by atoms with Crippen LogP contribution in [-0.2, 0) is 20.7 Å². The lowest BCUT2D eigenvalue weighted by Crippen LogP contribution is -2.49. The van der Waals surface area contributed by atoms with E-state index in [1.807, 2.05) is 36.4 Å². The Labute approximate surface area is 134 Å². The minimum Gasteiger partial charge on any atom is -0.368 e. The van der Waals surface area contributed by atoms with Gasteiger partial charge in [-0.3, -0.25) is 14.6 Å². The Morgan fingerprint density at radius 2 is 2.13 bits per heavy atom. The molecule has 3 N–H and O–H groups in total. The van der Waals surface area contributed by atoms with Gasteiger partial charge in [-0.1, -0.05) is 24.3 Å². The van der Waals surface area contributed by atoms with E-state index in [1.165, 1.54) is 0 Å². The van der Waals surface area contributed by atoms with Crippen molar-refractivity contribution in [2.24, 2.45) is 5.73 Å². The first-order valence-electron chi connectivity index (χ1n) is 7.69. The predicted octanol–water partition coefficient (Wildman–Crippen LogP) is 0.926. The lowest BCUT2D eigenvalue weighted by Gasteiger charge is -2.17. The molecule has 120 valence electrons. The average molecular weight is 313 g/mol. The first-order valence-corrected chi connectivity index (χ1v) is 7.69. The number of rotatable bonds is 5. The molecule has 2 aromatic rings. The molecule has 0 aliphatic carbocycles. The molecule has 1 aromatic carbocycles. The van der Waals surface area contributed by atoms with E-state index in [0.717, 1.165) is 17.3 Å². The lowest BCUT2D eigenvalue weighted by molar-refractivity contribution is -0.133. The first-order chi connectivity index (χ1) is 11.1. The number of nitrogens with zero attached hydrogens (tertiary/aromatic N) is 1. The molecule has 1 aromatic heterocycles. The average Bonchev–Trinajstić information content (AvgIpc) is 3.08. The minimum atomic E-state index is -0.791. The van der Waals surface area contributed by atoms with Crippen LogP contribution in [0, 0.1) is 0 Å². The third-order valence-corrected chi connectivity index (χ3v) is 3.95. The summed E-state index contributed by atoms with van der Waals surface area (Å²) in [5.74, 6) is -0.863. The number of hydrogen-bond donors (Lipinski definition) is 2. The van der Waals surface area contributed by atoms with Crippen molar-refractivity contribution in [2.75, 3.05) is 6.61 Å². The molecule has 0 radical (unpaired) electrons. The van der Waals surface area contributed by atoms with Crippen molar-refractivity contribution in [3.8, 4) is 0 Å². The van der Waals surface area contributed by atoms with Crippen molar-refractivity contribution in [1.82, 2.24) is 10.3 Å². The molecule has 0 saturated carbocycles. The number of pyridine rings is 1. The SMILES string of the molecule is NC(=O)[C@@H](Cc1ccc2ccccc2n1)NC(=O)[C@@H]1CCCO1. The standard InChI is InChI=1S/C17H19N3O3/c18-16(21)14(20-17(22)15-6-3-9-23-15)10-12-8-7-11-4-1-2-5-13(11)19-12/h1-2,4-5,7-8,14-15H,3,6,9-10H2,(H2,18,21)(H,20,22)/t14-,15+/m1/s1. The van der Waals surface area contributed by atoms with E-state index >= 15 is 0 Å². The minimum absolute atomic E-state index is 0.263. The van der Waals surface area contributed by atoms with Crippen LogP contribution in [0.4, 0.5) is 0 Å². The number of benzene rings is 1. The van der Waals surface area contributed by atoms with Gasteiger partial charge in [0.25, 0.3) is 0 Å². The fourth-order valence-corrected chi connectivity index (χ4v) is 2.70. The van der Waals surface area contributed by atoms with Crippen LogP contribution in [-0.4, -0.2) is 35.6 Å². The van der Waals surface area contributed by atoms with E-state index in [-0.39, 0.29) is 12.3 Å². The van der Waals surface area contributed by atoms with Gasteiger partial charge in [-0.2, -0.15) is 0 Å². The fraction of sp³-hybridized carbons (Fsp3) is 0.353. The maximum Gasteiger partial charge on any atom is 0.249 e. The molecule has 1 aliphatic heterocycles. The van der Waals surface area contributed by atoms with Crippen LogP contribution in [0.2, 0.25) is 0 Å². The maximum absolute atomic E-state index is 12.1. The maximum atomic E-state index is 12.1. The van der Waals surface area contributed by atoms with Gasteiger partial charge in [0, 0.05) is 24.1 Å². The van der Waals surface area contributed by atoms with E-state index in [9.17, 15) is 9.59 Å². The highest BCUT2D eigenvalue weighted by molar-refractivity contribution is 5.89.